The zero-order chi connectivity index (χ0) is 18.7. The molecule has 6 nitrogen and oxygen atoms in total. The standard InChI is InChI=1S/C20H26N4O2/c1-20(2,3)24-17(11-16(23-24)15-9-10-15)19(26)22-13-18(25)21-12-14-7-5-4-6-8-14/h4-8,11,15H,9-10,12-13H2,1-3H3,(H,21,25)(H,22,26). The fourth-order valence-electron chi connectivity index (χ4n) is 2.76. The second-order valence-corrected chi connectivity index (χ2v) is 7.76. The van der Waals surface area contributed by atoms with E-state index in [1.807, 2.05) is 57.2 Å². The van der Waals surface area contributed by atoms with Gasteiger partial charge in [0.25, 0.3) is 5.91 Å². The number of rotatable bonds is 6. The number of nitrogens with one attached hydrogen (secondary N) is 2. The first kappa shape index (κ1) is 18.2. The highest BCUT2D eigenvalue weighted by molar-refractivity contribution is 5.95. The maximum absolute atomic E-state index is 12.6. The molecule has 0 aliphatic heterocycles. The highest BCUT2D eigenvalue weighted by Gasteiger charge is 2.31. The molecule has 0 radical (unpaired) electrons. The SMILES string of the molecule is CC(C)(C)n1nc(C2CC2)cc1C(=O)NCC(=O)NCc1ccccc1. The minimum Gasteiger partial charge on any atom is -0.350 e. The van der Waals surface area contributed by atoms with E-state index in [-0.39, 0.29) is 23.9 Å². The largest absolute Gasteiger partial charge is 0.350 e. The van der Waals surface area contributed by atoms with E-state index >= 15 is 0 Å². The summed E-state index contributed by atoms with van der Waals surface area (Å²) in [6, 6.07) is 11.5. The van der Waals surface area contributed by atoms with Gasteiger partial charge in [-0.2, -0.15) is 5.10 Å². The fourth-order valence-corrected chi connectivity index (χ4v) is 2.76. The second kappa shape index (κ2) is 7.32. The number of aromatic nitrogens is 2. The number of carbonyl (C=O) groups excluding carboxylic acids is 2. The van der Waals surface area contributed by atoms with Gasteiger partial charge in [-0.25, -0.2) is 0 Å². The molecule has 6 heteroatoms. The van der Waals surface area contributed by atoms with Gasteiger partial charge in [0.1, 0.15) is 5.69 Å². The van der Waals surface area contributed by atoms with Gasteiger partial charge in [-0.1, -0.05) is 30.3 Å². The molecule has 0 atom stereocenters. The number of benzene rings is 1. The van der Waals surface area contributed by atoms with Crippen molar-refractivity contribution in [1.82, 2.24) is 20.4 Å². The summed E-state index contributed by atoms with van der Waals surface area (Å²) in [7, 11) is 0. The summed E-state index contributed by atoms with van der Waals surface area (Å²) in [5.41, 5.74) is 2.20. The van der Waals surface area contributed by atoms with E-state index in [9.17, 15) is 9.59 Å². The van der Waals surface area contributed by atoms with Gasteiger partial charge in [0, 0.05) is 12.5 Å². The van der Waals surface area contributed by atoms with Gasteiger partial charge >= 0.3 is 0 Å². The van der Waals surface area contributed by atoms with E-state index in [2.05, 4.69) is 15.7 Å². The van der Waals surface area contributed by atoms with Crippen LogP contribution in [0, 0.1) is 0 Å². The van der Waals surface area contributed by atoms with Gasteiger partial charge in [-0.05, 0) is 45.2 Å². The molecule has 1 aliphatic rings. The molecule has 2 amide bonds. The normalized spacial score (nSPS) is 14.1. The smallest absolute Gasteiger partial charge is 0.270 e. The van der Waals surface area contributed by atoms with E-state index in [1.54, 1.807) is 4.68 Å². The lowest BCUT2D eigenvalue weighted by atomic mass is 10.1. The van der Waals surface area contributed by atoms with Gasteiger partial charge < -0.3 is 10.6 Å². The van der Waals surface area contributed by atoms with Crippen LogP contribution >= 0.6 is 0 Å². The summed E-state index contributed by atoms with van der Waals surface area (Å²) >= 11 is 0. The molecule has 1 fully saturated rings. The van der Waals surface area contributed by atoms with Crippen LogP contribution in [0.5, 0.6) is 0 Å². The van der Waals surface area contributed by atoms with Crippen molar-refractivity contribution in [2.24, 2.45) is 0 Å². The fraction of sp³-hybridized carbons (Fsp3) is 0.450. The number of amides is 2. The Morgan fingerprint density at radius 3 is 2.46 bits per heavy atom. The first-order chi connectivity index (χ1) is 12.3. The minimum absolute atomic E-state index is 0.0558. The van der Waals surface area contributed by atoms with Gasteiger partial charge in [0.2, 0.25) is 5.91 Å². The van der Waals surface area contributed by atoms with Crippen molar-refractivity contribution in [2.45, 2.75) is 51.6 Å². The molecular weight excluding hydrogens is 328 g/mol. The average Bonchev–Trinajstić information content (AvgIpc) is 3.35. The number of hydrogen-bond donors (Lipinski definition) is 2. The third kappa shape index (κ3) is 4.50. The molecular formula is C20H26N4O2. The summed E-state index contributed by atoms with van der Waals surface area (Å²) in [4.78, 5) is 24.6. The number of hydrogen-bond acceptors (Lipinski definition) is 3. The molecule has 0 saturated heterocycles. The third-order valence-electron chi connectivity index (χ3n) is 4.33. The molecule has 0 bridgehead atoms. The first-order valence-electron chi connectivity index (χ1n) is 9.04. The predicted molar refractivity (Wildman–Crippen MR) is 99.8 cm³/mol. The molecule has 2 N–H and O–H groups in total. The number of nitrogens with zero attached hydrogens (tertiary/aromatic N) is 2. The molecule has 138 valence electrons. The Labute approximate surface area is 154 Å². The first-order valence-corrected chi connectivity index (χ1v) is 9.04. The maximum Gasteiger partial charge on any atom is 0.270 e. The third-order valence-corrected chi connectivity index (χ3v) is 4.33. The Balaban J connectivity index is 1.58. The lowest BCUT2D eigenvalue weighted by Crippen LogP contribution is -2.38. The highest BCUT2D eigenvalue weighted by Crippen LogP contribution is 2.40. The molecule has 0 unspecified atom stereocenters. The van der Waals surface area contributed by atoms with Crippen LogP contribution in [0.3, 0.4) is 0 Å². The van der Waals surface area contributed by atoms with E-state index in [1.165, 1.54) is 0 Å². The zero-order valence-corrected chi connectivity index (χ0v) is 15.6. The van der Waals surface area contributed by atoms with Gasteiger partial charge in [-0.3, -0.25) is 14.3 Å². The quantitative estimate of drug-likeness (QED) is 0.837. The molecule has 3 rings (SSSR count). The van der Waals surface area contributed by atoms with Crippen molar-refractivity contribution >= 4 is 11.8 Å². The van der Waals surface area contributed by atoms with Crippen LogP contribution in [0.25, 0.3) is 0 Å². The minimum atomic E-state index is -0.296. The summed E-state index contributed by atoms with van der Waals surface area (Å²) in [6.45, 7) is 6.43. The molecule has 26 heavy (non-hydrogen) atoms. The zero-order valence-electron chi connectivity index (χ0n) is 15.6. The topological polar surface area (TPSA) is 76.0 Å². The summed E-state index contributed by atoms with van der Waals surface area (Å²) in [5.74, 6) is -0.0139. The van der Waals surface area contributed by atoms with Crippen molar-refractivity contribution in [3.05, 3.63) is 53.3 Å². The summed E-state index contributed by atoms with van der Waals surface area (Å²) in [5, 5.41) is 10.1. The number of carbonyl (C=O) groups is 2. The lowest BCUT2D eigenvalue weighted by Gasteiger charge is -2.22. The van der Waals surface area contributed by atoms with Gasteiger partial charge in [0.05, 0.1) is 17.8 Å². The van der Waals surface area contributed by atoms with Crippen LogP contribution in [0.1, 0.15) is 61.3 Å². The molecule has 1 saturated carbocycles. The van der Waals surface area contributed by atoms with Crippen LogP contribution < -0.4 is 10.6 Å². The van der Waals surface area contributed by atoms with Crippen molar-refractivity contribution in [3.63, 3.8) is 0 Å². The van der Waals surface area contributed by atoms with Crippen LogP contribution in [0.4, 0.5) is 0 Å². The van der Waals surface area contributed by atoms with Crippen molar-refractivity contribution in [3.8, 4) is 0 Å². The second-order valence-electron chi connectivity index (χ2n) is 7.76. The van der Waals surface area contributed by atoms with Crippen molar-refractivity contribution in [1.29, 1.82) is 0 Å². The molecule has 0 spiro atoms. The highest BCUT2D eigenvalue weighted by atomic mass is 16.2. The van der Waals surface area contributed by atoms with Crippen LogP contribution in [-0.4, -0.2) is 28.1 Å². The van der Waals surface area contributed by atoms with Crippen molar-refractivity contribution in [2.75, 3.05) is 6.54 Å². The molecule has 2 aromatic rings. The average molecular weight is 354 g/mol. The monoisotopic (exact) mass is 354 g/mol. The van der Waals surface area contributed by atoms with Crippen LogP contribution in [-0.2, 0) is 16.9 Å². The maximum atomic E-state index is 12.6. The summed E-state index contributed by atoms with van der Waals surface area (Å²) in [6.07, 6.45) is 2.26. The summed E-state index contributed by atoms with van der Waals surface area (Å²) < 4.78 is 1.76. The Kier molecular flexibility index (Phi) is 5.11. The molecule has 1 aliphatic carbocycles. The van der Waals surface area contributed by atoms with Gasteiger partial charge in [0.15, 0.2) is 0 Å². The van der Waals surface area contributed by atoms with Crippen LogP contribution in [0.2, 0.25) is 0 Å². The molecule has 1 aromatic heterocycles. The lowest BCUT2D eigenvalue weighted by molar-refractivity contribution is -0.120. The van der Waals surface area contributed by atoms with E-state index in [0.717, 1.165) is 24.1 Å². The van der Waals surface area contributed by atoms with Crippen LogP contribution in [0.15, 0.2) is 36.4 Å². The van der Waals surface area contributed by atoms with E-state index in [4.69, 9.17) is 0 Å². The Morgan fingerprint density at radius 1 is 1.15 bits per heavy atom. The van der Waals surface area contributed by atoms with Gasteiger partial charge in [-0.15, -0.1) is 0 Å². The Hall–Kier alpha value is -2.63. The molecule has 1 aromatic carbocycles. The van der Waals surface area contributed by atoms with Crippen molar-refractivity contribution < 1.29 is 9.59 Å². The molecule has 1 heterocycles. The van der Waals surface area contributed by atoms with E-state index in [0.29, 0.717) is 18.2 Å². The Morgan fingerprint density at radius 2 is 1.85 bits per heavy atom. The van der Waals surface area contributed by atoms with E-state index < -0.39 is 0 Å². The Bertz CT molecular complexity index is 786. The predicted octanol–water partition coefficient (Wildman–Crippen LogP) is 2.56.